The van der Waals surface area contributed by atoms with E-state index >= 15 is 0 Å². The lowest BCUT2D eigenvalue weighted by molar-refractivity contribution is 0.407. The van der Waals surface area contributed by atoms with E-state index in [1.807, 2.05) is 13.8 Å². The summed E-state index contributed by atoms with van der Waals surface area (Å²) in [5, 5.41) is 2.46. The van der Waals surface area contributed by atoms with Crippen molar-refractivity contribution in [3.63, 3.8) is 0 Å². The molecule has 1 aromatic rings. The Morgan fingerprint density at radius 3 is 2.00 bits per heavy atom. The average molecular weight is 264 g/mol. The second-order valence-corrected chi connectivity index (χ2v) is 4.49. The largest absolute Gasteiger partial charge is 0.378 e. The zero-order valence-electron chi connectivity index (χ0n) is 10.5. The van der Waals surface area contributed by atoms with Crippen LogP contribution in [0.1, 0.15) is 33.6 Å². The summed E-state index contributed by atoms with van der Waals surface area (Å²) in [6.45, 7) is 5.67. The number of nitrogens with one attached hydrogen (secondary N) is 1. The van der Waals surface area contributed by atoms with E-state index in [-0.39, 0.29) is 6.04 Å². The number of rotatable bonds is 5. The van der Waals surface area contributed by atoms with Crippen LogP contribution in [0, 0.1) is 29.4 Å². The number of aromatic nitrogens is 1. The maximum Gasteiger partial charge on any atom is 0.253 e. The monoisotopic (exact) mass is 264 g/mol. The van der Waals surface area contributed by atoms with Crippen molar-refractivity contribution in [2.75, 3.05) is 5.32 Å². The van der Waals surface area contributed by atoms with Crippen LogP contribution in [0.3, 0.4) is 0 Å². The molecule has 0 bridgehead atoms. The Bertz CT molecular complexity index is 397. The molecule has 0 spiro atoms. The Kier molecular flexibility index (Phi) is 4.93. The van der Waals surface area contributed by atoms with E-state index in [4.69, 9.17) is 0 Å². The molecule has 0 aliphatic carbocycles. The molecule has 6 heteroatoms. The van der Waals surface area contributed by atoms with Gasteiger partial charge in [0, 0.05) is 6.04 Å². The fraction of sp³-hybridized carbons (Fsp3) is 0.583. The highest BCUT2D eigenvalue weighted by Gasteiger charge is 2.22. The second kappa shape index (κ2) is 6.02. The second-order valence-electron chi connectivity index (χ2n) is 4.49. The van der Waals surface area contributed by atoms with E-state index in [9.17, 15) is 17.6 Å². The van der Waals surface area contributed by atoms with E-state index in [2.05, 4.69) is 10.3 Å². The Labute approximate surface area is 103 Å². The van der Waals surface area contributed by atoms with Gasteiger partial charge in [0.25, 0.3) is 11.9 Å². The van der Waals surface area contributed by atoms with Crippen molar-refractivity contribution in [2.24, 2.45) is 5.92 Å². The number of hydrogen-bond acceptors (Lipinski definition) is 2. The first kappa shape index (κ1) is 14.7. The number of halogens is 4. The van der Waals surface area contributed by atoms with Gasteiger partial charge in [-0.05, 0) is 19.3 Å². The first-order valence-corrected chi connectivity index (χ1v) is 5.83. The van der Waals surface area contributed by atoms with Gasteiger partial charge >= 0.3 is 0 Å². The molecule has 0 aromatic carbocycles. The lowest BCUT2D eigenvalue weighted by atomic mass is 10.0. The maximum atomic E-state index is 13.3. The van der Waals surface area contributed by atoms with Crippen LogP contribution in [0.25, 0.3) is 0 Å². The molecule has 1 aromatic heterocycles. The molecular weight excluding hydrogens is 248 g/mol. The van der Waals surface area contributed by atoms with Gasteiger partial charge in [-0.3, -0.25) is 0 Å². The minimum absolute atomic E-state index is 0.301. The molecule has 2 unspecified atom stereocenters. The van der Waals surface area contributed by atoms with Crippen molar-refractivity contribution in [1.29, 1.82) is 0 Å². The standard InChI is InChI=1S/C12H16F4N2/c1-4-6(2)5-7(3)17-10-8(13)11(15)18-12(16)9(10)14/h6-7H,4-5H2,1-3H3,(H,17,18). The molecular formula is C12H16F4N2. The highest BCUT2D eigenvalue weighted by atomic mass is 19.2. The van der Waals surface area contributed by atoms with Crippen molar-refractivity contribution >= 4 is 5.69 Å². The van der Waals surface area contributed by atoms with E-state index < -0.39 is 29.2 Å². The lowest BCUT2D eigenvalue weighted by Crippen LogP contribution is -2.21. The van der Waals surface area contributed by atoms with Gasteiger partial charge in [0.05, 0.1) is 0 Å². The van der Waals surface area contributed by atoms with Crippen LogP contribution in [0.15, 0.2) is 0 Å². The Hall–Kier alpha value is -1.33. The van der Waals surface area contributed by atoms with Crippen molar-refractivity contribution in [3.05, 3.63) is 23.5 Å². The fourth-order valence-corrected chi connectivity index (χ4v) is 1.69. The Balaban J connectivity index is 2.90. The SMILES string of the molecule is CCC(C)CC(C)Nc1c(F)c(F)nc(F)c1F. The third-order valence-corrected chi connectivity index (χ3v) is 2.84. The Morgan fingerprint density at radius 2 is 1.56 bits per heavy atom. The zero-order valence-corrected chi connectivity index (χ0v) is 10.5. The molecule has 1 N–H and O–H groups in total. The molecule has 0 aliphatic rings. The van der Waals surface area contributed by atoms with Crippen LogP contribution in [0.5, 0.6) is 0 Å². The van der Waals surface area contributed by atoms with E-state index in [0.29, 0.717) is 12.3 Å². The molecule has 0 amide bonds. The van der Waals surface area contributed by atoms with Crippen molar-refractivity contribution < 1.29 is 17.6 Å². The smallest absolute Gasteiger partial charge is 0.253 e. The first-order chi connectivity index (χ1) is 8.36. The summed E-state index contributed by atoms with van der Waals surface area (Å²) in [6.07, 6.45) is 1.55. The van der Waals surface area contributed by atoms with Gasteiger partial charge in [0.1, 0.15) is 5.69 Å². The molecule has 0 saturated carbocycles. The van der Waals surface area contributed by atoms with Gasteiger partial charge in [-0.15, -0.1) is 0 Å². The fourth-order valence-electron chi connectivity index (χ4n) is 1.69. The minimum Gasteiger partial charge on any atom is -0.378 e. The van der Waals surface area contributed by atoms with Crippen molar-refractivity contribution in [2.45, 2.75) is 39.7 Å². The summed E-state index contributed by atoms with van der Waals surface area (Å²) in [7, 11) is 0. The van der Waals surface area contributed by atoms with E-state index in [1.165, 1.54) is 0 Å². The van der Waals surface area contributed by atoms with Crippen molar-refractivity contribution in [3.8, 4) is 0 Å². The molecule has 1 rings (SSSR count). The molecule has 0 fully saturated rings. The molecule has 2 atom stereocenters. The van der Waals surface area contributed by atoms with E-state index in [1.54, 1.807) is 6.92 Å². The molecule has 0 radical (unpaired) electrons. The summed E-state index contributed by atoms with van der Waals surface area (Å²) in [6, 6.07) is -0.301. The van der Waals surface area contributed by atoms with Gasteiger partial charge in [0.15, 0.2) is 0 Å². The van der Waals surface area contributed by atoms with Crippen LogP contribution < -0.4 is 5.32 Å². The predicted molar refractivity (Wildman–Crippen MR) is 61.2 cm³/mol. The summed E-state index contributed by atoms with van der Waals surface area (Å²) in [5.74, 6) is -5.94. The highest BCUT2D eigenvalue weighted by Crippen LogP contribution is 2.24. The molecule has 1 heterocycles. The summed E-state index contributed by atoms with van der Waals surface area (Å²) in [4.78, 5) is 2.49. The summed E-state index contributed by atoms with van der Waals surface area (Å²) in [5.41, 5.74) is -0.796. The molecule has 0 saturated heterocycles. The zero-order chi connectivity index (χ0) is 13.9. The van der Waals surface area contributed by atoms with Crippen LogP contribution >= 0.6 is 0 Å². The van der Waals surface area contributed by atoms with E-state index in [0.717, 1.165) is 6.42 Å². The van der Waals surface area contributed by atoms with Crippen molar-refractivity contribution in [1.82, 2.24) is 4.98 Å². The van der Waals surface area contributed by atoms with Crippen LogP contribution in [0.2, 0.25) is 0 Å². The predicted octanol–water partition coefficient (Wildman–Crippen LogP) is 3.87. The third-order valence-electron chi connectivity index (χ3n) is 2.84. The third kappa shape index (κ3) is 3.34. The first-order valence-electron chi connectivity index (χ1n) is 5.83. The molecule has 2 nitrogen and oxygen atoms in total. The van der Waals surface area contributed by atoms with Gasteiger partial charge in [0.2, 0.25) is 11.6 Å². The summed E-state index contributed by atoms with van der Waals surface area (Å²) < 4.78 is 52.4. The number of hydrogen-bond donors (Lipinski definition) is 1. The number of nitrogens with zero attached hydrogens (tertiary/aromatic N) is 1. The maximum absolute atomic E-state index is 13.3. The van der Waals surface area contributed by atoms with Crippen LogP contribution in [-0.4, -0.2) is 11.0 Å². The van der Waals surface area contributed by atoms with Crippen LogP contribution in [0.4, 0.5) is 23.2 Å². The van der Waals surface area contributed by atoms with Gasteiger partial charge < -0.3 is 5.32 Å². The molecule has 102 valence electrons. The minimum atomic E-state index is -1.65. The van der Waals surface area contributed by atoms with Gasteiger partial charge in [-0.2, -0.15) is 22.5 Å². The Morgan fingerprint density at radius 1 is 1.06 bits per heavy atom. The molecule has 18 heavy (non-hydrogen) atoms. The number of anilines is 1. The van der Waals surface area contributed by atoms with Gasteiger partial charge in [-0.25, -0.2) is 0 Å². The molecule has 0 aliphatic heterocycles. The average Bonchev–Trinajstić information content (AvgIpc) is 2.32. The van der Waals surface area contributed by atoms with Crippen LogP contribution in [-0.2, 0) is 0 Å². The highest BCUT2D eigenvalue weighted by molar-refractivity contribution is 5.46. The number of pyridine rings is 1. The van der Waals surface area contributed by atoms with Gasteiger partial charge in [-0.1, -0.05) is 20.3 Å². The quantitative estimate of drug-likeness (QED) is 0.645. The summed E-state index contributed by atoms with van der Waals surface area (Å²) >= 11 is 0. The topological polar surface area (TPSA) is 24.9 Å². The normalized spacial score (nSPS) is 14.4. The lowest BCUT2D eigenvalue weighted by Gasteiger charge is -2.19.